The molecule has 2 nitrogen and oxygen atoms in total. The standard InChI is InChI=1S/C16H22N2/c17-11-5-7-12(8-6-11)18-16-14-9-10-3-1-2-4-13(10)15(14)16/h1-4,11-12,14-16,18H,5-9,17H2/t11?,12?,14-,15+,16+/m0/s1. The van der Waals surface area contributed by atoms with E-state index in [1.165, 1.54) is 32.1 Å². The first-order valence-corrected chi connectivity index (χ1v) is 7.42. The zero-order valence-electron chi connectivity index (χ0n) is 10.8. The first-order valence-electron chi connectivity index (χ1n) is 7.42. The fourth-order valence-corrected chi connectivity index (χ4v) is 4.14. The zero-order chi connectivity index (χ0) is 12.1. The van der Waals surface area contributed by atoms with Gasteiger partial charge in [0, 0.05) is 24.0 Å². The van der Waals surface area contributed by atoms with Crippen LogP contribution in [0.2, 0.25) is 0 Å². The summed E-state index contributed by atoms with van der Waals surface area (Å²) in [7, 11) is 0. The van der Waals surface area contributed by atoms with Crippen LogP contribution in [0.25, 0.3) is 0 Å². The number of hydrogen-bond acceptors (Lipinski definition) is 2. The summed E-state index contributed by atoms with van der Waals surface area (Å²) in [4.78, 5) is 0. The van der Waals surface area contributed by atoms with Crippen molar-refractivity contribution in [1.29, 1.82) is 0 Å². The van der Waals surface area contributed by atoms with Gasteiger partial charge in [-0.2, -0.15) is 0 Å². The van der Waals surface area contributed by atoms with Crippen LogP contribution in [0.3, 0.4) is 0 Å². The first-order chi connectivity index (χ1) is 8.83. The molecule has 0 saturated heterocycles. The van der Waals surface area contributed by atoms with E-state index in [0.29, 0.717) is 6.04 Å². The van der Waals surface area contributed by atoms with E-state index in [2.05, 4.69) is 29.6 Å². The van der Waals surface area contributed by atoms with Crippen molar-refractivity contribution >= 4 is 0 Å². The van der Waals surface area contributed by atoms with Gasteiger partial charge in [-0.3, -0.25) is 0 Å². The highest BCUT2D eigenvalue weighted by atomic mass is 15.0. The Kier molecular flexibility index (Phi) is 2.49. The summed E-state index contributed by atoms with van der Waals surface area (Å²) in [5.41, 5.74) is 9.18. The lowest BCUT2D eigenvalue weighted by atomic mass is 9.91. The van der Waals surface area contributed by atoms with Gasteiger partial charge in [0.05, 0.1) is 0 Å². The molecule has 1 aromatic carbocycles. The number of nitrogens with one attached hydrogen (secondary N) is 1. The van der Waals surface area contributed by atoms with Gasteiger partial charge in [0.2, 0.25) is 0 Å². The largest absolute Gasteiger partial charge is 0.328 e. The van der Waals surface area contributed by atoms with Crippen molar-refractivity contribution in [3.63, 3.8) is 0 Å². The molecule has 0 amide bonds. The Labute approximate surface area is 109 Å². The number of rotatable bonds is 2. The van der Waals surface area contributed by atoms with Crippen LogP contribution in [0.4, 0.5) is 0 Å². The van der Waals surface area contributed by atoms with E-state index in [9.17, 15) is 0 Å². The summed E-state index contributed by atoms with van der Waals surface area (Å²) in [6.45, 7) is 0. The molecule has 3 aliphatic carbocycles. The third-order valence-corrected chi connectivity index (χ3v) is 5.24. The Hall–Kier alpha value is -0.860. The molecule has 0 aliphatic heterocycles. The van der Waals surface area contributed by atoms with Crippen LogP contribution in [0.5, 0.6) is 0 Å². The van der Waals surface area contributed by atoms with Gasteiger partial charge in [0.1, 0.15) is 0 Å². The fourth-order valence-electron chi connectivity index (χ4n) is 4.14. The van der Waals surface area contributed by atoms with Gasteiger partial charge in [0.25, 0.3) is 0 Å². The molecule has 2 fully saturated rings. The topological polar surface area (TPSA) is 38.0 Å². The Morgan fingerprint density at radius 3 is 2.67 bits per heavy atom. The molecule has 3 atom stereocenters. The first kappa shape index (κ1) is 11.0. The number of fused-ring (bicyclic) bond motifs is 3. The molecule has 0 heterocycles. The van der Waals surface area contributed by atoms with E-state index in [4.69, 9.17) is 5.73 Å². The van der Waals surface area contributed by atoms with Gasteiger partial charge in [-0.05, 0) is 49.1 Å². The van der Waals surface area contributed by atoms with Crippen molar-refractivity contribution in [3.8, 4) is 0 Å². The minimum atomic E-state index is 0.461. The molecular formula is C16H22N2. The van der Waals surface area contributed by atoms with Gasteiger partial charge < -0.3 is 11.1 Å². The molecule has 3 N–H and O–H groups in total. The van der Waals surface area contributed by atoms with E-state index in [-0.39, 0.29) is 0 Å². The summed E-state index contributed by atoms with van der Waals surface area (Å²) in [5.74, 6) is 1.70. The van der Waals surface area contributed by atoms with Crippen molar-refractivity contribution in [2.75, 3.05) is 0 Å². The molecule has 2 heteroatoms. The Bertz CT molecular complexity index is 448. The van der Waals surface area contributed by atoms with Crippen molar-refractivity contribution < 1.29 is 0 Å². The molecular weight excluding hydrogens is 220 g/mol. The summed E-state index contributed by atoms with van der Waals surface area (Å²) in [5, 5.41) is 3.90. The maximum atomic E-state index is 5.97. The minimum Gasteiger partial charge on any atom is -0.328 e. The summed E-state index contributed by atoms with van der Waals surface area (Å²) < 4.78 is 0. The van der Waals surface area contributed by atoms with E-state index in [1.807, 2.05) is 0 Å². The predicted molar refractivity (Wildman–Crippen MR) is 73.5 cm³/mol. The van der Waals surface area contributed by atoms with Crippen LogP contribution >= 0.6 is 0 Å². The van der Waals surface area contributed by atoms with E-state index in [1.54, 1.807) is 11.1 Å². The van der Waals surface area contributed by atoms with Crippen LogP contribution in [-0.2, 0) is 6.42 Å². The van der Waals surface area contributed by atoms with Crippen molar-refractivity contribution in [2.45, 2.75) is 56.1 Å². The second-order valence-corrected chi connectivity index (χ2v) is 6.40. The van der Waals surface area contributed by atoms with Crippen LogP contribution in [0, 0.1) is 5.92 Å². The summed E-state index contributed by atoms with van der Waals surface area (Å²) in [6.07, 6.45) is 6.26. The van der Waals surface area contributed by atoms with Gasteiger partial charge in [0.15, 0.2) is 0 Å². The fraction of sp³-hybridized carbons (Fsp3) is 0.625. The number of benzene rings is 1. The van der Waals surface area contributed by atoms with Crippen LogP contribution < -0.4 is 11.1 Å². The molecule has 0 spiro atoms. The maximum Gasteiger partial charge on any atom is 0.0180 e. The summed E-state index contributed by atoms with van der Waals surface area (Å²) >= 11 is 0. The Balaban J connectivity index is 1.40. The normalized spacial score (nSPS) is 41.3. The second kappa shape index (κ2) is 4.07. The SMILES string of the molecule is NC1CCC(N[C@@H]2[C@H]3Cc4ccccc4[C@H]32)CC1. The maximum absolute atomic E-state index is 5.97. The average molecular weight is 242 g/mol. The van der Waals surface area contributed by atoms with Crippen LogP contribution in [-0.4, -0.2) is 18.1 Å². The Morgan fingerprint density at radius 1 is 1.06 bits per heavy atom. The highest BCUT2D eigenvalue weighted by Gasteiger charge is 2.55. The smallest absolute Gasteiger partial charge is 0.0180 e. The third-order valence-electron chi connectivity index (χ3n) is 5.24. The lowest BCUT2D eigenvalue weighted by molar-refractivity contribution is 0.335. The van der Waals surface area contributed by atoms with E-state index < -0.39 is 0 Å². The molecule has 1 aromatic rings. The quantitative estimate of drug-likeness (QED) is 0.834. The number of hydrogen-bond donors (Lipinski definition) is 2. The third kappa shape index (κ3) is 1.70. The highest BCUT2D eigenvalue weighted by molar-refractivity contribution is 5.45. The van der Waals surface area contributed by atoms with Crippen molar-refractivity contribution in [2.24, 2.45) is 11.7 Å². The van der Waals surface area contributed by atoms with E-state index >= 15 is 0 Å². The molecule has 0 radical (unpaired) electrons. The van der Waals surface area contributed by atoms with Crippen molar-refractivity contribution in [1.82, 2.24) is 5.32 Å². The minimum absolute atomic E-state index is 0.461. The molecule has 96 valence electrons. The van der Waals surface area contributed by atoms with Crippen LogP contribution in [0.15, 0.2) is 24.3 Å². The molecule has 0 bridgehead atoms. The molecule has 4 rings (SSSR count). The van der Waals surface area contributed by atoms with Crippen LogP contribution in [0.1, 0.15) is 42.7 Å². The highest BCUT2D eigenvalue weighted by Crippen LogP contribution is 2.56. The monoisotopic (exact) mass is 242 g/mol. The number of nitrogens with two attached hydrogens (primary N) is 1. The molecule has 18 heavy (non-hydrogen) atoms. The molecule has 0 aromatic heterocycles. The van der Waals surface area contributed by atoms with Gasteiger partial charge in [-0.15, -0.1) is 0 Å². The Morgan fingerprint density at radius 2 is 1.83 bits per heavy atom. The lowest BCUT2D eigenvalue weighted by Gasteiger charge is -2.27. The lowest BCUT2D eigenvalue weighted by Crippen LogP contribution is -2.39. The average Bonchev–Trinajstić information content (AvgIpc) is 2.91. The van der Waals surface area contributed by atoms with Crippen molar-refractivity contribution in [3.05, 3.63) is 35.4 Å². The molecule has 0 unspecified atom stereocenters. The predicted octanol–water partition coefficient (Wildman–Crippen LogP) is 2.18. The summed E-state index contributed by atoms with van der Waals surface area (Å²) in [6, 6.07) is 11.0. The van der Waals surface area contributed by atoms with Gasteiger partial charge in [-0.25, -0.2) is 0 Å². The van der Waals surface area contributed by atoms with E-state index in [0.717, 1.165) is 23.9 Å². The molecule has 2 saturated carbocycles. The van der Waals surface area contributed by atoms with Gasteiger partial charge >= 0.3 is 0 Å². The second-order valence-electron chi connectivity index (χ2n) is 6.40. The molecule has 3 aliphatic rings. The van der Waals surface area contributed by atoms with Gasteiger partial charge in [-0.1, -0.05) is 24.3 Å². The zero-order valence-corrected chi connectivity index (χ0v) is 10.8.